The number of rotatable bonds is 10. The van der Waals surface area contributed by atoms with Gasteiger partial charge in [0.05, 0.1) is 19.3 Å². The molecule has 2 aromatic carbocycles. The maximum Gasteiger partial charge on any atom is 0.330 e. The number of aromatic nitrogens is 2. The monoisotopic (exact) mass is 554 g/mol. The lowest BCUT2D eigenvalue weighted by atomic mass is 10.1. The summed E-state index contributed by atoms with van der Waals surface area (Å²) in [7, 11) is -1.34. The first-order chi connectivity index (χ1) is 18.6. The van der Waals surface area contributed by atoms with Gasteiger partial charge in [-0.15, -0.1) is 0 Å². The summed E-state index contributed by atoms with van der Waals surface area (Å²) in [4.78, 5) is 26.6. The number of aliphatic hydroxyl groups excluding tert-OH is 1. The van der Waals surface area contributed by atoms with Crippen LogP contribution in [-0.2, 0) is 18.6 Å². The van der Waals surface area contributed by atoms with Gasteiger partial charge in [0, 0.05) is 19.4 Å². The minimum Gasteiger partial charge on any atom is -0.405 e. The Morgan fingerprint density at radius 2 is 1.62 bits per heavy atom. The van der Waals surface area contributed by atoms with Crippen LogP contribution in [0.1, 0.15) is 33.9 Å². The third-order valence-corrected chi connectivity index (χ3v) is 12.1. The molecule has 1 unspecified atom stereocenters. The van der Waals surface area contributed by atoms with E-state index in [9.17, 15) is 14.7 Å². The normalized spacial score (nSPS) is 22.6. The molecule has 3 aromatic rings. The van der Waals surface area contributed by atoms with Crippen LogP contribution in [-0.4, -0.2) is 67.7 Å². The molecule has 1 aliphatic rings. The molecule has 2 N–H and O–H groups in total. The van der Waals surface area contributed by atoms with Crippen molar-refractivity contribution in [3.8, 4) is 0 Å². The molecule has 0 bridgehead atoms. The molecule has 9 nitrogen and oxygen atoms in total. The molecular formula is C29H38N2O7Si. The van der Waals surface area contributed by atoms with Crippen molar-refractivity contribution in [1.82, 2.24) is 9.55 Å². The number of ether oxygens (including phenoxy) is 3. The maximum absolute atomic E-state index is 12.7. The van der Waals surface area contributed by atoms with E-state index in [-0.39, 0.29) is 17.7 Å². The topological polar surface area (TPSA) is 112 Å². The molecular weight excluding hydrogens is 516 g/mol. The summed E-state index contributed by atoms with van der Waals surface area (Å²) in [5.41, 5.74) is -1.17. The lowest BCUT2D eigenvalue weighted by Gasteiger charge is -2.43. The van der Waals surface area contributed by atoms with Crippen LogP contribution in [0.15, 0.2) is 82.5 Å². The summed E-state index contributed by atoms with van der Waals surface area (Å²) in [6.45, 7) is 8.70. The molecule has 1 saturated heterocycles. The van der Waals surface area contributed by atoms with Crippen LogP contribution in [0.5, 0.6) is 0 Å². The van der Waals surface area contributed by atoms with Gasteiger partial charge < -0.3 is 23.7 Å². The number of benzene rings is 2. The van der Waals surface area contributed by atoms with Crippen molar-refractivity contribution in [3.05, 3.63) is 93.8 Å². The molecule has 0 aliphatic carbocycles. The van der Waals surface area contributed by atoms with E-state index in [1.807, 2.05) is 43.3 Å². The van der Waals surface area contributed by atoms with Gasteiger partial charge in [0.15, 0.2) is 6.23 Å². The Bertz CT molecular complexity index is 1280. The number of nitrogens with zero attached hydrogens (tertiary/aromatic N) is 1. The number of aromatic amines is 1. The second kappa shape index (κ2) is 12.1. The van der Waals surface area contributed by atoms with Crippen LogP contribution >= 0.6 is 0 Å². The predicted molar refractivity (Wildman–Crippen MR) is 151 cm³/mol. The van der Waals surface area contributed by atoms with Crippen molar-refractivity contribution in [2.45, 2.75) is 63.4 Å². The lowest BCUT2D eigenvalue weighted by molar-refractivity contribution is -0.111. The largest absolute Gasteiger partial charge is 0.405 e. The molecule has 210 valence electrons. The highest BCUT2D eigenvalue weighted by atomic mass is 28.4. The zero-order valence-electron chi connectivity index (χ0n) is 23.1. The van der Waals surface area contributed by atoms with Gasteiger partial charge in [0.25, 0.3) is 13.9 Å². The van der Waals surface area contributed by atoms with Crippen molar-refractivity contribution in [1.29, 1.82) is 0 Å². The zero-order valence-corrected chi connectivity index (χ0v) is 24.1. The molecule has 5 atom stereocenters. The van der Waals surface area contributed by atoms with Crippen LogP contribution in [0.25, 0.3) is 0 Å². The summed E-state index contributed by atoms with van der Waals surface area (Å²) in [5, 5.41) is 13.4. The number of aliphatic hydroxyl groups is 1. The Morgan fingerprint density at radius 3 is 2.13 bits per heavy atom. The molecule has 0 amide bonds. The van der Waals surface area contributed by atoms with Crippen LogP contribution in [0.2, 0.25) is 5.04 Å². The van der Waals surface area contributed by atoms with Gasteiger partial charge in [-0.1, -0.05) is 81.4 Å². The van der Waals surface area contributed by atoms with Crippen LogP contribution in [0, 0.1) is 0 Å². The molecule has 1 aromatic heterocycles. The summed E-state index contributed by atoms with van der Waals surface area (Å²) in [6, 6.07) is 21.6. The van der Waals surface area contributed by atoms with Gasteiger partial charge in [0.1, 0.15) is 18.3 Å². The minimum absolute atomic E-state index is 0.0710. The van der Waals surface area contributed by atoms with Crippen LogP contribution in [0.4, 0.5) is 0 Å². The van der Waals surface area contributed by atoms with E-state index in [0.717, 1.165) is 10.4 Å². The number of methoxy groups -OCH3 is 1. The van der Waals surface area contributed by atoms with E-state index in [1.165, 1.54) is 16.8 Å². The van der Waals surface area contributed by atoms with Crippen molar-refractivity contribution < 1.29 is 23.7 Å². The van der Waals surface area contributed by atoms with E-state index in [0.29, 0.717) is 6.61 Å². The second-order valence-corrected chi connectivity index (χ2v) is 15.2. The number of hydrogen-bond donors (Lipinski definition) is 2. The van der Waals surface area contributed by atoms with Gasteiger partial charge in [-0.2, -0.15) is 0 Å². The Kier molecular flexibility index (Phi) is 9.05. The highest BCUT2D eigenvalue weighted by molar-refractivity contribution is 6.99. The highest BCUT2D eigenvalue weighted by Crippen LogP contribution is 2.38. The molecule has 0 radical (unpaired) electrons. The first-order valence-corrected chi connectivity index (χ1v) is 15.0. The Labute approximate surface area is 229 Å². The maximum atomic E-state index is 12.7. The molecule has 2 heterocycles. The van der Waals surface area contributed by atoms with Crippen molar-refractivity contribution in [2.24, 2.45) is 0 Å². The molecule has 1 aliphatic heterocycles. The summed E-state index contributed by atoms with van der Waals surface area (Å²) in [5.74, 6) is 0. The summed E-state index contributed by atoms with van der Waals surface area (Å²) in [6.07, 6.45) is -2.80. The van der Waals surface area contributed by atoms with Crippen molar-refractivity contribution in [2.75, 3.05) is 20.3 Å². The Hall–Kier alpha value is -2.86. The van der Waals surface area contributed by atoms with Gasteiger partial charge in [-0.3, -0.25) is 14.3 Å². The van der Waals surface area contributed by atoms with Crippen LogP contribution in [0.3, 0.4) is 0 Å². The fourth-order valence-electron chi connectivity index (χ4n) is 5.37. The number of nitrogens with one attached hydrogen (secondary N) is 1. The van der Waals surface area contributed by atoms with Gasteiger partial charge in [0.2, 0.25) is 0 Å². The SMILES string of the molecule is COC[C@H](C)O[C@H]1C(O)[C@@H](CO[Si](c2ccccc2)(c2ccccc2)C(C)(C)C)O[C@H]1n1ccc(=O)[nH]c1=O. The predicted octanol–water partition coefficient (Wildman–Crippen LogP) is 1.79. The van der Waals surface area contributed by atoms with E-state index in [4.69, 9.17) is 18.6 Å². The molecule has 39 heavy (non-hydrogen) atoms. The first kappa shape index (κ1) is 29.1. The average molecular weight is 555 g/mol. The smallest absolute Gasteiger partial charge is 0.330 e. The zero-order chi connectivity index (χ0) is 28.2. The third-order valence-electron chi connectivity index (χ3n) is 7.11. The lowest BCUT2D eigenvalue weighted by Crippen LogP contribution is -2.67. The molecule has 1 fully saturated rings. The molecule has 0 spiro atoms. The molecule has 10 heteroatoms. The quantitative estimate of drug-likeness (QED) is 0.368. The summed E-state index contributed by atoms with van der Waals surface area (Å²) < 4.78 is 25.8. The van der Waals surface area contributed by atoms with E-state index >= 15 is 0 Å². The third kappa shape index (κ3) is 6.01. The Balaban J connectivity index is 1.71. The fourth-order valence-corrected chi connectivity index (χ4v) is 9.94. The number of H-pyrrole nitrogens is 1. The Morgan fingerprint density at radius 1 is 1.03 bits per heavy atom. The van der Waals surface area contributed by atoms with Crippen molar-refractivity contribution in [3.63, 3.8) is 0 Å². The van der Waals surface area contributed by atoms with E-state index in [1.54, 1.807) is 7.11 Å². The highest BCUT2D eigenvalue weighted by Gasteiger charge is 2.53. The van der Waals surface area contributed by atoms with Gasteiger partial charge in [-0.05, 0) is 22.3 Å². The molecule has 4 rings (SSSR count). The minimum atomic E-state index is -2.90. The van der Waals surface area contributed by atoms with E-state index in [2.05, 4.69) is 50.0 Å². The first-order valence-electron chi connectivity index (χ1n) is 13.1. The standard InChI is InChI=1S/C29H38N2O7Si/c1-20(18-35-5)37-26-25(33)23(38-27(26)31-17-16-24(32)30-28(31)34)19-36-39(29(2,3)4,21-12-8-6-9-13-21)22-14-10-7-11-15-22/h6-17,20,23,25-27,33H,18-19H2,1-5H3,(H,30,32,34)/t20-,23+,25?,26-,27+/m0/s1. The fraction of sp³-hybridized carbons (Fsp3) is 0.448. The van der Waals surface area contributed by atoms with E-state index < -0.39 is 44.1 Å². The number of hydrogen-bond acceptors (Lipinski definition) is 7. The second-order valence-electron chi connectivity index (χ2n) is 10.9. The van der Waals surface area contributed by atoms with Crippen molar-refractivity contribution >= 4 is 18.7 Å². The van der Waals surface area contributed by atoms with Crippen LogP contribution < -0.4 is 21.6 Å². The average Bonchev–Trinajstić information content (AvgIpc) is 3.19. The molecule has 0 saturated carbocycles. The summed E-state index contributed by atoms with van der Waals surface area (Å²) >= 11 is 0. The van der Waals surface area contributed by atoms with Gasteiger partial charge >= 0.3 is 5.69 Å². The van der Waals surface area contributed by atoms with Gasteiger partial charge in [-0.25, -0.2) is 4.79 Å².